The van der Waals surface area contributed by atoms with Crippen LogP contribution in [0.25, 0.3) is 0 Å². The minimum absolute atomic E-state index is 0.0147. The highest BCUT2D eigenvalue weighted by Gasteiger charge is 2.54. The fraction of sp³-hybridized carbons (Fsp3) is 0.500. The molecule has 3 aliphatic rings. The standard InChI is InChI=1S/C20H24N4O4/c1-14(25)22-9-11-23(12-10-22)17(26)13-24-18(27)20(21-19(24)28)8-4-6-15-5-2-3-7-16(15)20/h2-3,5,7H,4,6,8-13H2,1H3,(H,21,28)/t20-/m0/s1. The molecule has 1 aromatic rings. The van der Waals surface area contributed by atoms with Crippen LogP contribution in [0.4, 0.5) is 4.79 Å². The van der Waals surface area contributed by atoms with Gasteiger partial charge in [0.15, 0.2) is 0 Å². The summed E-state index contributed by atoms with van der Waals surface area (Å²) in [6.45, 7) is 3.00. The third kappa shape index (κ3) is 2.93. The Morgan fingerprint density at radius 1 is 1.07 bits per heavy atom. The highest BCUT2D eigenvalue weighted by molar-refractivity contribution is 6.09. The normalized spacial score (nSPS) is 24.4. The number of imide groups is 1. The van der Waals surface area contributed by atoms with Gasteiger partial charge in [-0.25, -0.2) is 4.79 Å². The maximum Gasteiger partial charge on any atom is 0.325 e. The Labute approximate surface area is 163 Å². The van der Waals surface area contributed by atoms with E-state index >= 15 is 0 Å². The Balaban J connectivity index is 1.49. The van der Waals surface area contributed by atoms with Gasteiger partial charge in [-0.1, -0.05) is 24.3 Å². The lowest BCUT2D eigenvalue weighted by molar-refractivity contribution is -0.142. The molecule has 0 saturated carbocycles. The van der Waals surface area contributed by atoms with Crippen molar-refractivity contribution in [2.24, 2.45) is 0 Å². The summed E-state index contributed by atoms with van der Waals surface area (Å²) in [5.74, 6) is -0.632. The molecular weight excluding hydrogens is 360 g/mol. The van der Waals surface area contributed by atoms with Crippen molar-refractivity contribution in [3.63, 3.8) is 0 Å². The lowest BCUT2D eigenvalue weighted by Crippen LogP contribution is -2.53. The molecule has 148 valence electrons. The minimum atomic E-state index is -1.06. The van der Waals surface area contributed by atoms with Gasteiger partial charge in [-0.05, 0) is 30.4 Å². The first-order valence-corrected chi connectivity index (χ1v) is 9.68. The molecule has 0 bridgehead atoms. The molecule has 0 radical (unpaired) electrons. The number of hydrogen-bond donors (Lipinski definition) is 1. The van der Waals surface area contributed by atoms with Gasteiger partial charge in [-0.15, -0.1) is 0 Å². The van der Waals surface area contributed by atoms with E-state index < -0.39 is 11.6 Å². The zero-order valence-corrected chi connectivity index (χ0v) is 15.9. The van der Waals surface area contributed by atoms with Crippen LogP contribution in [0, 0.1) is 0 Å². The van der Waals surface area contributed by atoms with Crippen molar-refractivity contribution < 1.29 is 19.2 Å². The summed E-state index contributed by atoms with van der Waals surface area (Å²) in [4.78, 5) is 54.3. The van der Waals surface area contributed by atoms with Crippen molar-refractivity contribution in [1.82, 2.24) is 20.0 Å². The summed E-state index contributed by atoms with van der Waals surface area (Å²) in [5.41, 5.74) is 0.847. The predicted molar refractivity (Wildman–Crippen MR) is 100 cm³/mol. The summed E-state index contributed by atoms with van der Waals surface area (Å²) in [7, 11) is 0. The van der Waals surface area contributed by atoms with Crippen molar-refractivity contribution in [2.75, 3.05) is 32.7 Å². The van der Waals surface area contributed by atoms with Crippen molar-refractivity contribution in [3.8, 4) is 0 Å². The van der Waals surface area contributed by atoms with E-state index in [-0.39, 0.29) is 24.3 Å². The Hall–Kier alpha value is -2.90. The number of amides is 5. The smallest absolute Gasteiger partial charge is 0.325 e. The SMILES string of the molecule is CC(=O)N1CCN(C(=O)CN2C(=O)N[C@]3(CCCc4ccccc43)C2=O)CC1. The van der Waals surface area contributed by atoms with E-state index in [0.717, 1.165) is 28.9 Å². The molecule has 2 fully saturated rings. The van der Waals surface area contributed by atoms with E-state index in [1.54, 1.807) is 9.80 Å². The highest BCUT2D eigenvalue weighted by atomic mass is 16.2. The molecule has 2 heterocycles. The molecular formula is C20H24N4O4. The maximum atomic E-state index is 13.2. The van der Waals surface area contributed by atoms with Crippen molar-refractivity contribution >= 4 is 23.8 Å². The Morgan fingerprint density at radius 3 is 2.46 bits per heavy atom. The van der Waals surface area contributed by atoms with E-state index in [9.17, 15) is 19.2 Å². The van der Waals surface area contributed by atoms with E-state index in [1.807, 2.05) is 24.3 Å². The predicted octanol–water partition coefficient (Wildman–Crippen LogP) is 0.461. The van der Waals surface area contributed by atoms with Crippen LogP contribution in [0.1, 0.15) is 30.9 Å². The molecule has 4 rings (SSSR count). The third-order valence-electron chi connectivity index (χ3n) is 6.02. The monoisotopic (exact) mass is 384 g/mol. The zero-order chi connectivity index (χ0) is 19.9. The topological polar surface area (TPSA) is 90.0 Å². The van der Waals surface area contributed by atoms with E-state index in [0.29, 0.717) is 32.6 Å². The fourth-order valence-corrected chi connectivity index (χ4v) is 4.46. The van der Waals surface area contributed by atoms with Gasteiger partial charge in [-0.2, -0.15) is 0 Å². The van der Waals surface area contributed by atoms with E-state index in [2.05, 4.69) is 5.32 Å². The lowest BCUT2D eigenvalue weighted by atomic mass is 9.76. The maximum absolute atomic E-state index is 13.2. The van der Waals surface area contributed by atoms with Crippen molar-refractivity contribution in [3.05, 3.63) is 35.4 Å². The van der Waals surface area contributed by atoms with Crippen molar-refractivity contribution in [2.45, 2.75) is 31.7 Å². The molecule has 2 saturated heterocycles. The number of piperazine rings is 1. The molecule has 1 N–H and O–H groups in total. The molecule has 0 unspecified atom stereocenters. The van der Waals surface area contributed by atoms with Gasteiger partial charge in [0.1, 0.15) is 12.1 Å². The van der Waals surface area contributed by atoms with Crippen molar-refractivity contribution in [1.29, 1.82) is 0 Å². The van der Waals surface area contributed by atoms with Gasteiger partial charge in [0.2, 0.25) is 11.8 Å². The number of hydrogen-bond acceptors (Lipinski definition) is 4. The quantitative estimate of drug-likeness (QED) is 0.750. The number of nitrogens with zero attached hydrogens (tertiary/aromatic N) is 3. The first-order chi connectivity index (χ1) is 13.4. The Kier molecular flexibility index (Phi) is 4.56. The molecule has 0 aromatic heterocycles. The van der Waals surface area contributed by atoms with Gasteiger partial charge >= 0.3 is 6.03 Å². The minimum Gasteiger partial charge on any atom is -0.339 e. The number of carbonyl (C=O) groups is 4. The Morgan fingerprint density at radius 2 is 1.75 bits per heavy atom. The fourth-order valence-electron chi connectivity index (χ4n) is 4.46. The van der Waals surface area contributed by atoms with Crippen LogP contribution in [-0.4, -0.2) is 71.2 Å². The number of carbonyl (C=O) groups excluding carboxylic acids is 4. The van der Waals surface area contributed by atoms with Gasteiger partial charge in [0.05, 0.1) is 0 Å². The first kappa shape index (κ1) is 18.5. The number of urea groups is 1. The van der Waals surface area contributed by atoms with Crippen LogP contribution in [0.15, 0.2) is 24.3 Å². The van der Waals surface area contributed by atoms with Crippen LogP contribution in [0.3, 0.4) is 0 Å². The molecule has 5 amide bonds. The van der Waals surface area contributed by atoms with Crippen LogP contribution < -0.4 is 5.32 Å². The largest absolute Gasteiger partial charge is 0.339 e. The summed E-state index contributed by atoms with van der Waals surface area (Å²) in [6.07, 6.45) is 2.22. The average Bonchev–Trinajstić information content (AvgIpc) is 2.93. The van der Waals surface area contributed by atoms with Gasteiger partial charge in [0, 0.05) is 33.1 Å². The highest BCUT2D eigenvalue weighted by Crippen LogP contribution is 2.39. The molecule has 1 aromatic carbocycles. The van der Waals surface area contributed by atoms with E-state index in [1.165, 1.54) is 6.92 Å². The van der Waals surface area contributed by atoms with Gasteiger partial charge < -0.3 is 15.1 Å². The molecule has 8 nitrogen and oxygen atoms in total. The van der Waals surface area contributed by atoms with E-state index in [4.69, 9.17) is 0 Å². The molecule has 1 spiro atoms. The lowest BCUT2D eigenvalue weighted by Gasteiger charge is -2.35. The van der Waals surface area contributed by atoms with Gasteiger partial charge in [-0.3, -0.25) is 19.3 Å². The zero-order valence-electron chi connectivity index (χ0n) is 15.9. The number of rotatable bonds is 2. The van der Waals surface area contributed by atoms with Crippen LogP contribution >= 0.6 is 0 Å². The second-order valence-electron chi connectivity index (χ2n) is 7.62. The summed E-state index contributed by atoms with van der Waals surface area (Å²) >= 11 is 0. The summed E-state index contributed by atoms with van der Waals surface area (Å²) < 4.78 is 0. The molecule has 8 heteroatoms. The first-order valence-electron chi connectivity index (χ1n) is 9.68. The summed E-state index contributed by atoms with van der Waals surface area (Å²) in [5, 5.41) is 2.87. The number of nitrogens with one attached hydrogen (secondary N) is 1. The van der Waals surface area contributed by atoms with Crippen LogP contribution in [0.5, 0.6) is 0 Å². The third-order valence-corrected chi connectivity index (χ3v) is 6.02. The number of aryl methyl sites for hydroxylation is 1. The van der Waals surface area contributed by atoms with Gasteiger partial charge in [0.25, 0.3) is 5.91 Å². The molecule has 2 aliphatic heterocycles. The molecule has 28 heavy (non-hydrogen) atoms. The van der Waals surface area contributed by atoms with Crippen LogP contribution in [-0.2, 0) is 26.3 Å². The summed E-state index contributed by atoms with van der Waals surface area (Å²) in [6, 6.07) is 7.16. The second kappa shape index (κ2) is 6.92. The molecule has 1 atom stereocenters. The van der Waals surface area contributed by atoms with Crippen LogP contribution in [0.2, 0.25) is 0 Å². The second-order valence-corrected chi connectivity index (χ2v) is 7.62. The average molecular weight is 384 g/mol. The number of fused-ring (bicyclic) bond motifs is 2. The molecule has 1 aliphatic carbocycles. The number of benzene rings is 1. The Bertz CT molecular complexity index is 846.